The fourth-order valence-corrected chi connectivity index (χ4v) is 1.82. The molecule has 1 fully saturated rings. The summed E-state index contributed by atoms with van der Waals surface area (Å²) < 4.78 is 12.7. The third-order valence-electron chi connectivity index (χ3n) is 2.85. The Morgan fingerprint density at radius 2 is 2.12 bits per heavy atom. The molecule has 2 N–H and O–H groups in total. The van der Waals surface area contributed by atoms with Crippen molar-refractivity contribution < 1.29 is 9.18 Å². The summed E-state index contributed by atoms with van der Waals surface area (Å²) in [5.74, 6) is -0.451. The lowest BCUT2D eigenvalue weighted by atomic mass is 10.2. The van der Waals surface area contributed by atoms with Gasteiger partial charge in [-0.15, -0.1) is 0 Å². The number of primary amides is 1. The van der Waals surface area contributed by atoms with Crippen LogP contribution in [-0.4, -0.2) is 23.4 Å². The predicted octanol–water partition coefficient (Wildman–Crippen LogP) is 1.28. The van der Waals surface area contributed by atoms with Gasteiger partial charge in [0.25, 0.3) is 0 Å². The van der Waals surface area contributed by atoms with E-state index in [4.69, 9.17) is 5.73 Å². The minimum atomic E-state index is -0.242. The van der Waals surface area contributed by atoms with E-state index in [9.17, 15) is 9.18 Å². The lowest BCUT2D eigenvalue weighted by Gasteiger charge is -2.03. The molecule has 0 saturated carbocycles. The number of amides is 1. The first-order valence-corrected chi connectivity index (χ1v) is 5.42. The maximum absolute atomic E-state index is 12.7. The van der Waals surface area contributed by atoms with Crippen molar-refractivity contribution in [3.05, 3.63) is 35.6 Å². The van der Waals surface area contributed by atoms with Gasteiger partial charge in [-0.05, 0) is 24.1 Å². The van der Waals surface area contributed by atoms with E-state index >= 15 is 0 Å². The van der Waals surface area contributed by atoms with E-state index < -0.39 is 0 Å². The second kappa shape index (κ2) is 4.61. The summed E-state index contributed by atoms with van der Waals surface area (Å²) in [6.45, 7) is 1.83. The van der Waals surface area contributed by atoms with Crippen LogP contribution in [0.2, 0.25) is 0 Å². The SMILES string of the molecule is NC(=O)CCC1CN1Cc1ccc(F)cc1. The third-order valence-corrected chi connectivity index (χ3v) is 2.85. The average Bonchev–Trinajstić information content (AvgIpc) is 2.97. The first-order valence-electron chi connectivity index (χ1n) is 5.42. The zero-order chi connectivity index (χ0) is 11.5. The molecular weight excluding hydrogens is 207 g/mol. The molecule has 0 spiro atoms. The largest absolute Gasteiger partial charge is 0.370 e. The van der Waals surface area contributed by atoms with Crippen molar-refractivity contribution >= 4 is 5.91 Å². The van der Waals surface area contributed by atoms with Gasteiger partial charge in [-0.2, -0.15) is 0 Å². The van der Waals surface area contributed by atoms with E-state index in [0.29, 0.717) is 12.5 Å². The van der Waals surface area contributed by atoms with Gasteiger partial charge >= 0.3 is 0 Å². The van der Waals surface area contributed by atoms with Crippen molar-refractivity contribution in [2.24, 2.45) is 5.73 Å². The Morgan fingerprint density at radius 3 is 2.75 bits per heavy atom. The van der Waals surface area contributed by atoms with Crippen molar-refractivity contribution in [3.63, 3.8) is 0 Å². The molecule has 4 heteroatoms. The molecular formula is C12H15FN2O. The van der Waals surface area contributed by atoms with Crippen molar-refractivity contribution in [1.82, 2.24) is 4.90 Å². The van der Waals surface area contributed by atoms with Crippen LogP contribution in [0.1, 0.15) is 18.4 Å². The molecule has 2 unspecified atom stereocenters. The van der Waals surface area contributed by atoms with Crippen LogP contribution >= 0.6 is 0 Å². The molecule has 2 rings (SSSR count). The Balaban J connectivity index is 1.76. The van der Waals surface area contributed by atoms with E-state index in [1.54, 1.807) is 12.1 Å². The summed E-state index contributed by atoms with van der Waals surface area (Å²) in [6, 6.07) is 6.99. The van der Waals surface area contributed by atoms with Crippen molar-refractivity contribution in [2.45, 2.75) is 25.4 Å². The highest BCUT2D eigenvalue weighted by Crippen LogP contribution is 2.24. The third kappa shape index (κ3) is 3.03. The number of benzene rings is 1. The highest BCUT2D eigenvalue weighted by atomic mass is 19.1. The quantitative estimate of drug-likeness (QED) is 0.763. The molecule has 86 valence electrons. The first kappa shape index (κ1) is 11.1. The van der Waals surface area contributed by atoms with Crippen molar-refractivity contribution in [3.8, 4) is 0 Å². The monoisotopic (exact) mass is 222 g/mol. The summed E-state index contributed by atoms with van der Waals surface area (Å²) in [5, 5.41) is 0. The molecule has 1 aliphatic rings. The number of hydrogen-bond acceptors (Lipinski definition) is 2. The zero-order valence-electron chi connectivity index (χ0n) is 9.03. The van der Waals surface area contributed by atoms with Crippen LogP contribution in [0.3, 0.4) is 0 Å². The highest BCUT2D eigenvalue weighted by Gasteiger charge is 2.33. The van der Waals surface area contributed by atoms with Crippen LogP contribution in [0.4, 0.5) is 4.39 Å². The van der Waals surface area contributed by atoms with Gasteiger partial charge in [0.2, 0.25) is 5.91 Å². The minimum Gasteiger partial charge on any atom is -0.370 e. The fraction of sp³-hybridized carbons (Fsp3) is 0.417. The van der Waals surface area contributed by atoms with Gasteiger partial charge in [0.15, 0.2) is 0 Å². The fourth-order valence-electron chi connectivity index (χ4n) is 1.82. The van der Waals surface area contributed by atoms with Gasteiger partial charge in [0, 0.05) is 25.6 Å². The molecule has 1 aromatic carbocycles. The van der Waals surface area contributed by atoms with E-state index in [1.807, 2.05) is 0 Å². The number of carbonyl (C=O) groups is 1. The lowest BCUT2D eigenvalue weighted by molar-refractivity contribution is -0.118. The molecule has 1 aliphatic heterocycles. The maximum Gasteiger partial charge on any atom is 0.217 e. The molecule has 0 radical (unpaired) electrons. The van der Waals surface area contributed by atoms with E-state index in [-0.39, 0.29) is 11.7 Å². The zero-order valence-corrected chi connectivity index (χ0v) is 9.03. The molecule has 16 heavy (non-hydrogen) atoms. The predicted molar refractivity (Wildman–Crippen MR) is 59.0 cm³/mol. The Labute approximate surface area is 94.0 Å². The smallest absolute Gasteiger partial charge is 0.217 e. The molecule has 1 amide bonds. The molecule has 3 nitrogen and oxygen atoms in total. The van der Waals surface area contributed by atoms with Gasteiger partial charge in [-0.1, -0.05) is 12.1 Å². The summed E-state index contributed by atoms with van der Waals surface area (Å²) >= 11 is 0. The molecule has 1 aromatic rings. The lowest BCUT2D eigenvalue weighted by Crippen LogP contribution is -2.12. The van der Waals surface area contributed by atoms with Crippen LogP contribution in [0, 0.1) is 5.82 Å². The minimum absolute atomic E-state index is 0.208. The van der Waals surface area contributed by atoms with Gasteiger partial charge in [0.05, 0.1) is 0 Å². The molecule has 1 saturated heterocycles. The van der Waals surface area contributed by atoms with Gasteiger partial charge in [0.1, 0.15) is 5.82 Å². The number of rotatable bonds is 5. The van der Waals surface area contributed by atoms with Crippen LogP contribution in [0.15, 0.2) is 24.3 Å². The second-order valence-corrected chi connectivity index (χ2v) is 4.21. The average molecular weight is 222 g/mol. The Kier molecular flexibility index (Phi) is 3.19. The second-order valence-electron chi connectivity index (χ2n) is 4.21. The summed E-state index contributed by atoms with van der Waals surface area (Å²) in [6.07, 6.45) is 1.28. The summed E-state index contributed by atoms with van der Waals surface area (Å²) in [5.41, 5.74) is 6.18. The van der Waals surface area contributed by atoms with E-state index in [2.05, 4.69) is 4.90 Å². The van der Waals surface area contributed by atoms with Crippen LogP contribution in [0.5, 0.6) is 0 Å². The maximum atomic E-state index is 12.7. The van der Waals surface area contributed by atoms with Crippen LogP contribution in [-0.2, 0) is 11.3 Å². The molecule has 0 bridgehead atoms. The summed E-state index contributed by atoms with van der Waals surface area (Å²) in [4.78, 5) is 12.8. The Bertz CT molecular complexity index is 377. The normalized spacial score (nSPS) is 23.1. The summed E-state index contributed by atoms with van der Waals surface area (Å²) in [7, 11) is 0. The van der Waals surface area contributed by atoms with Crippen molar-refractivity contribution in [1.29, 1.82) is 0 Å². The van der Waals surface area contributed by atoms with Crippen LogP contribution in [0.25, 0.3) is 0 Å². The molecule has 1 heterocycles. The van der Waals surface area contributed by atoms with Gasteiger partial charge in [-0.3, -0.25) is 9.69 Å². The Hall–Kier alpha value is -1.42. The first-order chi connectivity index (χ1) is 7.65. The van der Waals surface area contributed by atoms with Crippen molar-refractivity contribution in [2.75, 3.05) is 6.54 Å². The molecule has 0 aliphatic carbocycles. The van der Waals surface area contributed by atoms with Gasteiger partial charge in [-0.25, -0.2) is 4.39 Å². The number of halogens is 1. The number of carbonyl (C=O) groups excluding carboxylic acids is 1. The molecule has 0 aromatic heterocycles. The molecule has 2 atom stereocenters. The Morgan fingerprint density at radius 1 is 1.44 bits per heavy atom. The number of nitrogens with zero attached hydrogens (tertiary/aromatic N) is 1. The number of nitrogens with two attached hydrogens (primary N) is 1. The van der Waals surface area contributed by atoms with Crippen LogP contribution < -0.4 is 5.73 Å². The standard InChI is InChI=1S/C12H15FN2O/c13-10-3-1-9(2-4-10)7-15-8-11(15)5-6-12(14)16/h1-4,11H,5-8H2,(H2,14,16). The number of hydrogen-bond donors (Lipinski definition) is 1. The van der Waals surface area contributed by atoms with E-state index in [0.717, 1.165) is 25.1 Å². The topological polar surface area (TPSA) is 46.1 Å². The van der Waals surface area contributed by atoms with E-state index in [1.165, 1.54) is 12.1 Å². The highest BCUT2D eigenvalue weighted by molar-refractivity contribution is 5.73. The van der Waals surface area contributed by atoms with Gasteiger partial charge < -0.3 is 5.73 Å².